The quantitative estimate of drug-likeness (QED) is 0.762. The van der Waals surface area contributed by atoms with Crippen molar-refractivity contribution in [3.8, 4) is 0 Å². The predicted octanol–water partition coefficient (Wildman–Crippen LogP) is 5.51. The molecule has 0 fully saturated rings. The molecule has 0 aliphatic carbocycles. The summed E-state index contributed by atoms with van der Waals surface area (Å²) in [4.78, 5) is 0. The maximum atomic E-state index is 13.6. The van der Waals surface area contributed by atoms with Crippen molar-refractivity contribution in [2.45, 2.75) is 25.9 Å². The highest BCUT2D eigenvalue weighted by Crippen LogP contribution is 2.27. The molecule has 0 aromatic heterocycles. The second-order valence-corrected chi connectivity index (χ2v) is 5.57. The first-order chi connectivity index (χ1) is 10.0. The minimum absolute atomic E-state index is 0.0116. The van der Waals surface area contributed by atoms with Crippen LogP contribution < -0.4 is 5.32 Å². The van der Waals surface area contributed by atoms with Crippen LogP contribution in [0.3, 0.4) is 0 Å². The first-order valence-corrected chi connectivity index (χ1v) is 7.39. The lowest BCUT2D eigenvalue weighted by Gasteiger charge is -2.18. The maximum Gasteiger partial charge on any atom is 0.127 e. The van der Waals surface area contributed by atoms with Gasteiger partial charge in [0.1, 0.15) is 11.6 Å². The fraction of sp³-hybridized carbons (Fsp3) is 0.250. The van der Waals surface area contributed by atoms with E-state index in [1.807, 2.05) is 13.0 Å². The van der Waals surface area contributed by atoms with Gasteiger partial charge in [-0.25, -0.2) is 8.78 Å². The molecule has 2 aromatic carbocycles. The number of hydrogen-bond donors (Lipinski definition) is 1. The lowest BCUT2D eigenvalue weighted by Crippen LogP contribution is -2.21. The van der Waals surface area contributed by atoms with E-state index in [0.717, 1.165) is 24.1 Å². The van der Waals surface area contributed by atoms with Crippen molar-refractivity contribution in [3.05, 3.63) is 69.2 Å². The molecule has 1 unspecified atom stereocenters. The van der Waals surface area contributed by atoms with Crippen molar-refractivity contribution >= 4 is 23.2 Å². The Morgan fingerprint density at radius 3 is 2.48 bits per heavy atom. The fourth-order valence-corrected chi connectivity index (χ4v) is 2.45. The Hall–Kier alpha value is -1.16. The molecule has 0 radical (unpaired) electrons. The van der Waals surface area contributed by atoms with Crippen molar-refractivity contribution in [2.24, 2.45) is 0 Å². The third-order valence-electron chi connectivity index (χ3n) is 3.30. The number of nitrogens with one attached hydrogen (secondary N) is 1. The van der Waals surface area contributed by atoms with Crippen LogP contribution in [0.4, 0.5) is 8.78 Å². The molecule has 0 aliphatic heterocycles. The van der Waals surface area contributed by atoms with Gasteiger partial charge >= 0.3 is 0 Å². The highest BCUT2D eigenvalue weighted by molar-refractivity contribution is 6.42. The van der Waals surface area contributed by atoms with Crippen LogP contribution in [0.25, 0.3) is 0 Å². The van der Waals surface area contributed by atoms with Gasteiger partial charge in [-0.15, -0.1) is 0 Å². The summed E-state index contributed by atoms with van der Waals surface area (Å²) >= 11 is 11.9. The first-order valence-electron chi connectivity index (χ1n) is 6.63. The average molecular weight is 330 g/mol. The van der Waals surface area contributed by atoms with Crippen molar-refractivity contribution in [1.82, 2.24) is 5.32 Å². The second-order valence-electron chi connectivity index (χ2n) is 4.75. The Balaban J connectivity index is 2.12. The Morgan fingerprint density at radius 1 is 1.05 bits per heavy atom. The molecule has 0 aliphatic rings. The normalized spacial score (nSPS) is 12.4. The van der Waals surface area contributed by atoms with Gasteiger partial charge in [-0.1, -0.05) is 36.2 Å². The lowest BCUT2D eigenvalue weighted by molar-refractivity contribution is 0.500. The van der Waals surface area contributed by atoms with E-state index in [-0.39, 0.29) is 12.6 Å². The van der Waals surface area contributed by atoms with Crippen molar-refractivity contribution in [3.63, 3.8) is 0 Å². The summed E-state index contributed by atoms with van der Waals surface area (Å²) in [5.41, 5.74) is 1.26. The summed E-state index contributed by atoms with van der Waals surface area (Å²) in [6.45, 7) is 2.24. The van der Waals surface area contributed by atoms with Gasteiger partial charge in [0, 0.05) is 18.2 Å². The van der Waals surface area contributed by atoms with Gasteiger partial charge in [-0.2, -0.15) is 0 Å². The molecule has 2 rings (SSSR count). The number of benzene rings is 2. The predicted molar refractivity (Wildman–Crippen MR) is 82.7 cm³/mol. The largest absolute Gasteiger partial charge is 0.306 e. The molecule has 1 atom stereocenters. The first kappa shape index (κ1) is 16.2. The van der Waals surface area contributed by atoms with Gasteiger partial charge in [0.25, 0.3) is 0 Å². The van der Waals surface area contributed by atoms with Crippen LogP contribution in [-0.4, -0.2) is 0 Å². The van der Waals surface area contributed by atoms with E-state index in [0.29, 0.717) is 15.6 Å². The Bertz CT molecular complexity index is 632. The molecule has 0 saturated carbocycles. The molecular weight excluding hydrogens is 315 g/mol. The highest BCUT2D eigenvalue weighted by Gasteiger charge is 2.12. The maximum absolute atomic E-state index is 13.6. The summed E-state index contributed by atoms with van der Waals surface area (Å²) in [5.74, 6) is -0.872. The van der Waals surface area contributed by atoms with Gasteiger partial charge < -0.3 is 5.32 Å². The molecule has 1 nitrogen and oxygen atoms in total. The van der Waals surface area contributed by atoms with Crippen LogP contribution in [0.5, 0.6) is 0 Å². The minimum atomic E-state index is -0.448. The number of hydrogen-bond acceptors (Lipinski definition) is 1. The van der Waals surface area contributed by atoms with Gasteiger partial charge in [-0.3, -0.25) is 0 Å². The van der Waals surface area contributed by atoms with Gasteiger partial charge in [0.2, 0.25) is 0 Å². The lowest BCUT2D eigenvalue weighted by atomic mass is 10.0. The van der Waals surface area contributed by atoms with Gasteiger partial charge in [0.15, 0.2) is 0 Å². The monoisotopic (exact) mass is 329 g/mol. The minimum Gasteiger partial charge on any atom is -0.306 e. The van der Waals surface area contributed by atoms with Crippen molar-refractivity contribution in [1.29, 1.82) is 0 Å². The van der Waals surface area contributed by atoms with E-state index in [1.54, 1.807) is 12.1 Å². The van der Waals surface area contributed by atoms with E-state index in [2.05, 4.69) is 5.32 Å². The SMILES string of the molecule is CCC(NCc1cc(F)ccc1F)c1ccc(Cl)c(Cl)c1. The molecule has 0 heterocycles. The third kappa shape index (κ3) is 4.16. The van der Waals surface area contributed by atoms with Crippen LogP contribution in [0.1, 0.15) is 30.5 Å². The summed E-state index contributed by atoms with van der Waals surface area (Å²) in [5, 5.41) is 4.18. The zero-order valence-corrected chi connectivity index (χ0v) is 13.0. The van der Waals surface area contributed by atoms with E-state index >= 15 is 0 Å². The van der Waals surface area contributed by atoms with E-state index in [4.69, 9.17) is 23.2 Å². The van der Waals surface area contributed by atoms with Crippen molar-refractivity contribution < 1.29 is 8.78 Å². The Labute approximate surface area is 132 Å². The molecule has 21 heavy (non-hydrogen) atoms. The molecule has 1 N–H and O–H groups in total. The molecule has 0 spiro atoms. The van der Waals surface area contributed by atoms with Crippen LogP contribution in [0.2, 0.25) is 10.0 Å². The van der Waals surface area contributed by atoms with Crippen LogP contribution >= 0.6 is 23.2 Å². The van der Waals surface area contributed by atoms with Gasteiger partial charge in [0.05, 0.1) is 10.0 Å². The van der Waals surface area contributed by atoms with Gasteiger partial charge in [-0.05, 0) is 42.3 Å². The topological polar surface area (TPSA) is 12.0 Å². The second kappa shape index (κ2) is 7.21. The summed E-state index contributed by atoms with van der Waals surface area (Å²) < 4.78 is 26.7. The molecule has 0 saturated heterocycles. The summed E-state index contributed by atoms with van der Waals surface area (Å²) in [6, 6.07) is 8.81. The standard InChI is InChI=1S/C16H15Cl2F2N/c1-2-16(10-3-5-13(17)14(18)8-10)21-9-11-7-12(19)4-6-15(11)20/h3-8,16,21H,2,9H2,1H3. The Morgan fingerprint density at radius 2 is 1.81 bits per heavy atom. The third-order valence-corrected chi connectivity index (χ3v) is 4.04. The average Bonchev–Trinajstić information content (AvgIpc) is 2.46. The summed E-state index contributed by atoms with van der Waals surface area (Å²) in [7, 11) is 0. The highest BCUT2D eigenvalue weighted by atomic mass is 35.5. The van der Waals surface area contributed by atoms with Crippen LogP contribution in [0.15, 0.2) is 36.4 Å². The zero-order valence-electron chi connectivity index (χ0n) is 11.5. The van der Waals surface area contributed by atoms with E-state index in [1.165, 1.54) is 6.07 Å². The smallest absolute Gasteiger partial charge is 0.127 e. The molecule has 2 aromatic rings. The molecular formula is C16H15Cl2F2N. The van der Waals surface area contributed by atoms with Crippen LogP contribution in [-0.2, 0) is 6.54 Å². The molecule has 0 amide bonds. The van der Waals surface area contributed by atoms with Crippen LogP contribution in [0, 0.1) is 11.6 Å². The summed E-state index contributed by atoms with van der Waals surface area (Å²) in [6.07, 6.45) is 0.787. The number of halogens is 4. The van der Waals surface area contributed by atoms with E-state index in [9.17, 15) is 8.78 Å². The number of rotatable bonds is 5. The molecule has 0 bridgehead atoms. The fourth-order valence-electron chi connectivity index (χ4n) is 2.14. The van der Waals surface area contributed by atoms with E-state index < -0.39 is 11.6 Å². The molecule has 5 heteroatoms. The Kier molecular flexibility index (Phi) is 5.57. The van der Waals surface area contributed by atoms with Crippen molar-refractivity contribution in [2.75, 3.05) is 0 Å². The molecule has 112 valence electrons. The zero-order chi connectivity index (χ0) is 15.4.